The van der Waals surface area contributed by atoms with Crippen LogP contribution in [-0.2, 0) is 0 Å². The maximum atomic E-state index is 2.32. The largest absolute Gasteiger partial charge is 0.0622 e. The molecule has 14 heavy (non-hydrogen) atoms. The first-order valence-electron chi connectivity index (χ1n) is 6.00. The highest BCUT2D eigenvalue weighted by atomic mass is 14.4. The van der Waals surface area contributed by atoms with Gasteiger partial charge in [-0.25, -0.2) is 0 Å². The topological polar surface area (TPSA) is 0 Å². The Morgan fingerprint density at radius 2 is 1.71 bits per heavy atom. The van der Waals surface area contributed by atoms with Gasteiger partial charge in [0.25, 0.3) is 0 Å². The molecule has 3 rings (SSSR count). The molecule has 0 bridgehead atoms. The van der Waals surface area contributed by atoms with Crippen LogP contribution >= 0.6 is 0 Å². The third-order valence-corrected chi connectivity index (χ3v) is 4.31. The third kappa shape index (κ3) is 1.28. The van der Waals surface area contributed by atoms with E-state index in [1.54, 1.807) is 5.56 Å². The SMILES string of the molecule is c1ccc(C2CCC3CCCC32)cc1. The highest BCUT2D eigenvalue weighted by Gasteiger charge is 2.39. The molecule has 1 aromatic carbocycles. The van der Waals surface area contributed by atoms with E-state index in [0.717, 1.165) is 17.8 Å². The Labute approximate surface area is 86.3 Å². The zero-order valence-corrected chi connectivity index (χ0v) is 8.65. The molecule has 2 saturated carbocycles. The van der Waals surface area contributed by atoms with E-state index in [1.165, 1.54) is 32.1 Å². The summed E-state index contributed by atoms with van der Waals surface area (Å²) in [5.41, 5.74) is 1.60. The van der Waals surface area contributed by atoms with Gasteiger partial charge in [0.1, 0.15) is 0 Å². The summed E-state index contributed by atoms with van der Waals surface area (Å²) < 4.78 is 0. The molecule has 0 amide bonds. The van der Waals surface area contributed by atoms with Gasteiger partial charge in [0.2, 0.25) is 0 Å². The van der Waals surface area contributed by atoms with Crippen LogP contribution in [0.1, 0.15) is 43.6 Å². The van der Waals surface area contributed by atoms with Crippen molar-refractivity contribution >= 4 is 0 Å². The summed E-state index contributed by atoms with van der Waals surface area (Å²) in [6.07, 6.45) is 7.42. The number of hydrogen-bond acceptors (Lipinski definition) is 0. The smallest absolute Gasteiger partial charge is 0.0131 e. The molecule has 0 radical (unpaired) electrons. The van der Waals surface area contributed by atoms with Crippen LogP contribution in [-0.4, -0.2) is 0 Å². The Kier molecular flexibility index (Phi) is 2.08. The minimum atomic E-state index is 0.892. The Morgan fingerprint density at radius 3 is 2.57 bits per heavy atom. The van der Waals surface area contributed by atoms with Crippen molar-refractivity contribution in [2.24, 2.45) is 11.8 Å². The lowest BCUT2D eigenvalue weighted by atomic mass is 9.86. The molecule has 0 nitrogen and oxygen atoms in total. The lowest BCUT2D eigenvalue weighted by Crippen LogP contribution is -2.07. The summed E-state index contributed by atoms with van der Waals surface area (Å²) in [7, 11) is 0. The second-order valence-corrected chi connectivity index (χ2v) is 4.95. The first-order valence-corrected chi connectivity index (χ1v) is 6.00. The first kappa shape index (κ1) is 8.52. The van der Waals surface area contributed by atoms with Crippen LogP contribution in [0.5, 0.6) is 0 Å². The standard InChI is InChI=1S/C14H18/c1-2-5-11(6-3-1)14-10-9-12-7-4-8-13(12)14/h1-3,5-6,12-14H,4,7-10H2. The molecular formula is C14H18. The molecule has 2 aliphatic carbocycles. The fourth-order valence-corrected chi connectivity index (χ4v) is 3.68. The number of fused-ring (bicyclic) bond motifs is 1. The minimum absolute atomic E-state index is 0.892. The van der Waals surface area contributed by atoms with Crippen molar-refractivity contribution in [1.29, 1.82) is 0 Å². The number of hydrogen-bond donors (Lipinski definition) is 0. The van der Waals surface area contributed by atoms with Gasteiger partial charge in [0.05, 0.1) is 0 Å². The Balaban J connectivity index is 1.86. The molecule has 0 spiro atoms. The van der Waals surface area contributed by atoms with E-state index in [4.69, 9.17) is 0 Å². The first-order chi connectivity index (χ1) is 6.95. The predicted octanol–water partition coefficient (Wildman–Crippen LogP) is 3.98. The Hall–Kier alpha value is -0.780. The van der Waals surface area contributed by atoms with Crippen LogP contribution in [0.15, 0.2) is 30.3 Å². The van der Waals surface area contributed by atoms with Crippen LogP contribution in [0.4, 0.5) is 0 Å². The molecule has 2 fully saturated rings. The van der Waals surface area contributed by atoms with Gasteiger partial charge in [-0.2, -0.15) is 0 Å². The quantitative estimate of drug-likeness (QED) is 0.622. The molecule has 0 heterocycles. The van der Waals surface area contributed by atoms with Crippen molar-refractivity contribution in [3.63, 3.8) is 0 Å². The van der Waals surface area contributed by atoms with Gasteiger partial charge < -0.3 is 0 Å². The molecule has 74 valence electrons. The Bertz CT molecular complexity index is 301. The highest BCUT2D eigenvalue weighted by molar-refractivity contribution is 5.22. The van der Waals surface area contributed by atoms with E-state index in [-0.39, 0.29) is 0 Å². The van der Waals surface area contributed by atoms with Gasteiger partial charge in [-0.1, -0.05) is 43.2 Å². The van der Waals surface area contributed by atoms with Crippen LogP contribution in [0.25, 0.3) is 0 Å². The van der Waals surface area contributed by atoms with Gasteiger partial charge in [0.15, 0.2) is 0 Å². The van der Waals surface area contributed by atoms with E-state index in [2.05, 4.69) is 30.3 Å². The molecule has 3 atom stereocenters. The maximum absolute atomic E-state index is 2.32. The molecule has 0 aromatic heterocycles. The molecule has 1 aromatic rings. The van der Waals surface area contributed by atoms with Gasteiger partial charge in [-0.15, -0.1) is 0 Å². The van der Waals surface area contributed by atoms with Crippen LogP contribution in [0.3, 0.4) is 0 Å². The summed E-state index contributed by atoms with van der Waals surface area (Å²) >= 11 is 0. The van der Waals surface area contributed by atoms with Gasteiger partial charge >= 0.3 is 0 Å². The van der Waals surface area contributed by atoms with Crippen molar-refractivity contribution < 1.29 is 0 Å². The number of benzene rings is 1. The van der Waals surface area contributed by atoms with E-state index in [1.807, 2.05) is 0 Å². The van der Waals surface area contributed by atoms with Crippen LogP contribution in [0, 0.1) is 11.8 Å². The highest BCUT2D eigenvalue weighted by Crippen LogP contribution is 2.51. The van der Waals surface area contributed by atoms with Crippen LogP contribution in [0.2, 0.25) is 0 Å². The fourth-order valence-electron chi connectivity index (χ4n) is 3.68. The van der Waals surface area contributed by atoms with Crippen molar-refractivity contribution in [3.8, 4) is 0 Å². The minimum Gasteiger partial charge on any atom is -0.0622 e. The van der Waals surface area contributed by atoms with E-state index in [9.17, 15) is 0 Å². The summed E-state index contributed by atoms with van der Waals surface area (Å²) in [4.78, 5) is 0. The Morgan fingerprint density at radius 1 is 0.857 bits per heavy atom. The van der Waals surface area contributed by atoms with Gasteiger partial charge in [-0.05, 0) is 42.6 Å². The summed E-state index contributed by atoms with van der Waals surface area (Å²) in [5, 5.41) is 0. The fraction of sp³-hybridized carbons (Fsp3) is 0.571. The number of rotatable bonds is 1. The monoisotopic (exact) mass is 186 g/mol. The van der Waals surface area contributed by atoms with Crippen molar-refractivity contribution in [3.05, 3.63) is 35.9 Å². The predicted molar refractivity (Wildman–Crippen MR) is 59.2 cm³/mol. The van der Waals surface area contributed by atoms with Crippen LogP contribution < -0.4 is 0 Å². The zero-order chi connectivity index (χ0) is 9.38. The van der Waals surface area contributed by atoms with Crippen molar-refractivity contribution in [2.45, 2.75) is 38.0 Å². The maximum Gasteiger partial charge on any atom is -0.0131 e. The van der Waals surface area contributed by atoms with E-state index >= 15 is 0 Å². The normalized spacial score (nSPS) is 35.9. The zero-order valence-electron chi connectivity index (χ0n) is 8.65. The second kappa shape index (κ2) is 3.42. The molecule has 2 aliphatic rings. The summed E-state index contributed by atoms with van der Waals surface area (Å²) in [5.74, 6) is 2.99. The second-order valence-electron chi connectivity index (χ2n) is 4.95. The lowest BCUT2D eigenvalue weighted by Gasteiger charge is -2.18. The van der Waals surface area contributed by atoms with Crippen molar-refractivity contribution in [1.82, 2.24) is 0 Å². The third-order valence-electron chi connectivity index (χ3n) is 4.31. The van der Waals surface area contributed by atoms with Gasteiger partial charge in [-0.3, -0.25) is 0 Å². The average Bonchev–Trinajstić information content (AvgIpc) is 2.79. The molecule has 3 unspecified atom stereocenters. The molecule has 0 N–H and O–H groups in total. The lowest BCUT2D eigenvalue weighted by molar-refractivity contribution is 0.422. The molecular weight excluding hydrogens is 168 g/mol. The van der Waals surface area contributed by atoms with E-state index in [0.29, 0.717) is 0 Å². The summed E-state index contributed by atoms with van der Waals surface area (Å²) in [6, 6.07) is 11.2. The van der Waals surface area contributed by atoms with Crippen molar-refractivity contribution in [2.75, 3.05) is 0 Å². The summed E-state index contributed by atoms with van der Waals surface area (Å²) in [6.45, 7) is 0. The average molecular weight is 186 g/mol. The van der Waals surface area contributed by atoms with E-state index < -0.39 is 0 Å². The molecule has 0 aliphatic heterocycles. The molecule has 0 heteroatoms. The van der Waals surface area contributed by atoms with Gasteiger partial charge in [0, 0.05) is 0 Å². The molecule has 0 saturated heterocycles.